The molecule has 0 aliphatic carbocycles. The zero-order chi connectivity index (χ0) is 4.99. The normalized spacial score (nSPS) is 7.67. The van der Waals surface area contributed by atoms with Crippen molar-refractivity contribution in [3.05, 3.63) is 0 Å². The fourth-order valence-corrected chi connectivity index (χ4v) is 0.321. The van der Waals surface area contributed by atoms with Gasteiger partial charge >= 0.3 is 5.97 Å². The van der Waals surface area contributed by atoms with Gasteiger partial charge in [-0.15, -0.1) is 0 Å². The van der Waals surface area contributed by atoms with Crippen LogP contribution in [0.15, 0.2) is 0 Å². The molecule has 0 radical (unpaired) electrons. The minimum Gasteiger partial charge on any atom is -0.347 e. The Balaban J connectivity index is 2.99. The quantitative estimate of drug-likeness (QED) is 0.555. The van der Waals surface area contributed by atoms with Gasteiger partial charge in [0.1, 0.15) is 17.2 Å². The van der Waals surface area contributed by atoms with Crippen molar-refractivity contribution in [3.63, 3.8) is 0 Å². The summed E-state index contributed by atoms with van der Waals surface area (Å²) < 4.78 is 3.69. The molecular weight excluding hydrogens is 171 g/mol. The van der Waals surface area contributed by atoms with Gasteiger partial charge in [-0.2, -0.15) is 0 Å². The zero-order valence-electron chi connectivity index (χ0n) is 2.78. The van der Waals surface area contributed by atoms with E-state index in [4.69, 9.17) is 0 Å². The van der Waals surface area contributed by atoms with Crippen LogP contribution in [0.5, 0.6) is 0 Å². The van der Waals surface area contributed by atoms with Crippen molar-refractivity contribution in [2.24, 2.45) is 0 Å². The van der Waals surface area contributed by atoms with E-state index in [-0.39, 0.29) is 5.33 Å². The molecule has 0 aromatic heterocycles. The summed E-state index contributed by atoms with van der Waals surface area (Å²) in [6.07, 6.45) is 0. The average molecular weight is 173 g/mol. The molecule has 0 saturated carbocycles. The molecular formula is C2H2BrClO2. The Morgan fingerprint density at radius 1 is 2.00 bits per heavy atom. The van der Waals surface area contributed by atoms with E-state index in [0.717, 1.165) is 0 Å². The highest BCUT2D eigenvalue weighted by Crippen LogP contribution is 1.86. The molecule has 0 aromatic carbocycles. The predicted octanol–water partition coefficient (Wildman–Crippen LogP) is 1.08. The summed E-state index contributed by atoms with van der Waals surface area (Å²) in [6, 6.07) is 0. The molecule has 0 N–H and O–H groups in total. The lowest BCUT2D eigenvalue weighted by molar-refractivity contribution is -0.130. The molecule has 0 amide bonds. The number of halogens is 2. The molecule has 0 atom stereocenters. The van der Waals surface area contributed by atoms with Gasteiger partial charge in [-0.1, -0.05) is 15.9 Å². The van der Waals surface area contributed by atoms with Gasteiger partial charge in [-0.25, -0.2) is 4.79 Å². The van der Waals surface area contributed by atoms with Crippen molar-refractivity contribution in [1.29, 1.82) is 0 Å². The standard InChI is InChI=1S/C2H2BrClO2/c3-1-2(5)6-4/h1H2. The molecule has 0 heterocycles. The SMILES string of the molecule is O=C(CBr)OCl. The lowest BCUT2D eigenvalue weighted by Gasteiger charge is -1.80. The highest BCUT2D eigenvalue weighted by atomic mass is 79.9. The van der Waals surface area contributed by atoms with Gasteiger partial charge in [0.25, 0.3) is 0 Å². The Bertz CT molecular complexity index is 49.5. The second-order valence-electron chi connectivity index (χ2n) is 0.583. The number of alkyl halides is 1. The first-order valence-electron chi connectivity index (χ1n) is 1.18. The van der Waals surface area contributed by atoms with Gasteiger partial charge in [0, 0.05) is 0 Å². The molecule has 4 heteroatoms. The van der Waals surface area contributed by atoms with Crippen LogP contribution >= 0.6 is 27.8 Å². The first-order chi connectivity index (χ1) is 2.81. The molecule has 0 saturated heterocycles. The lowest BCUT2D eigenvalue weighted by atomic mass is 10.8. The van der Waals surface area contributed by atoms with Crippen LogP contribution < -0.4 is 0 Å². The largest absolute Gasteiger partial charge is 0.347 e. The van der Waals surface area contributed by atoms with Crippen LogP contribution in [0, 0.1) is 0 Å². The minimum atomic E-state index is -0.475. The molecule has 2 nitrogen and oxygen atoms in total. The molecule has 0 fully saturated rings. The van der Waals surface area contributed by atoms with E-state index in [2.05, 4.69) is 32.1 Å². The monoisotopic (exact) mass is 172 g/mol. The number of carbonyl (C=O) groups is 1. The van der Waals surface area contributed by atoms with E-state index in [1.807, 2.05) is 0 Å². The summed E-state index contributed by atoms with van der Waals surface area (Å²) in [5.74, 6) is -0.475. The molecule has 0 spiro atoms. The Morgan fingerprint density at radius 3 is 2.50 bits per heavy atom. The van der Waals surface area contributed by atoms with Crippen LogP contribution in [0.4, 0.5) is 0 Å². The van der Waals surface area contributed by atoms with Crippen molar-refractivity contribution in [2.45, 2.75) is 0 Å². The maximum absolute atomic E-state index is 9.78. The Labute approximate surface area is 48.7 Å². The Hall–Kier alpha value is 0.240. The summed E-state index contributed by atoms with van der Waals surface area (Å²) >= 11 is 7.39. The van der Waals surface area contributed by atoms with Gasteiger partial charge < -0.3 is 4.29 Å². The maximum atomic E-state index is 9.78. The van der Waals surface area contributed by atoms with Crippen LogP contribution in [0.2, 0.25) is 0 Å². The second-order valence-corrected chi connectivity index (χ2v) is 1.30. The zero-order valence-corrected chi connectivity index (χ0v) is 5.12. The van der Waals surface area contributed by atoms with Crippen molar-refractivity contribution in [1.82, 2.24) is 0 Å². The van der Waals surface area contributed by atoms with Gasteiger partial charge in [-0.3, -0.25) is 0 Å². The summed E-state index contributed by atoms with van der Waals surface area (Å²) in [5.41, 5.74) is 0. The van der Waals surface area contributed by atoms with Gasteiger partial charge in [-0.05, 0) is 0 Å². The summed E-state index contributed by atoms with van der Waals surface area (Å²) in [6.45, 7) is 0. The topological polar surface area (TPSA) is 26.3 Å². The maximum Gasteiger partial charge on any atom is 0.335 e. The van der Waals surface area contributed by atoms with E-state index in [1.165, 1.54) is 0 Å². The third kappa shape index (κ3) is 2.48. The molecule has 0 unspecified atom stereocenters. The number of hydrogen-bond acceptors (Lipinski definition) is 2. The fourth-order valence-electron chi connectivity index (χ4n) is 0.0206. The third-order valence-corrected chi connectivity index (χ3v) is 0.825. The molecule has 0 rings (SSSR count). The lowest BCUT2D eigenvalue weighted by Crippen LogP contribution is -1.95. The number of rotatable bonds is 1. The first kappa shape index (κ1) is 6.24. The summed E-state index contributed by atoms with van der Waals surface area (Å²) in [7, 11) is 0. The van der Waals surface area contributed by atoms with E-state index in [9.17, 15) is 4.79 Å². The van der Waals surface area contributed by atoms with Crippen LogP contribution in [-0.4, -0.2) is 11.3 Å². The third-order valence-electron chi connectivity index (χ3n) is 0.195. The van der Waals surface area contributed by atoms with E-state index in [0.29, 0.717) is 0 Å². The first-order valence-corrected chi connectivity index (χ1v) is 2.61. The number of carbonyl (C=O) groups excluding carboxylic acids is 1. The van der Waals surface area contributed by atoms with Crippen molar-refractivity contribution < 1.29 is 9.08 Å². The second kappa shape index (κ2) is 3.43. The number of hydrogen-bond donors (Lipinski definition) is 0. The summed E-state index contributed by atoms with van der Waals surface area (Å²) in [4.78, 5) is 9.78. The Kier molecular flexibility index (Phi) is 3.57. The molecule has 0 aliphatic heterocycles. The smallest absolute Gasteiger partial charge is 0.335 e. The molecule has 6 heavy (non-hydrogen) atoms. The van der Waals surface area contributed by atoms with Gasteiger partial charge in [0.2, 0.25) is 0 Å². The summed E-state index contributed by atoms with van der Waals surface area (Å²) in [5, 5.41) is 0.149. The molecule has 0 bridgehead atoms. The molecule has 0 aliphatic rings. The van der Waals surface area contributed by atoms with E-state index >= 15 is 0 Å². The van der Waals surface area contributed by atoms with Crippen LogP contribution in [-0.2, 0) is 9.08 Å². The van der Waals surface area contributed by atoms with Crippen molar-refractivity contribution in [3.8, 4) is 0 Å². The highest BCUT2D eigenvalue weighted by molar-refractivity contribution is 9.09. The fraction of sp³-hybridized carbons (Fsp3) is 0.500. The van der Waals surface area contributed by atoms with E-state index < -0.39 is 5.97 Å². The van der Waals surface area contributed by atoms with E-state index in [1.54, 1.807) is 0 Å². The van der Waals surface area contributed by atoms with Gasteiger partial charge in [0.15, 0.2) is 0 Å². The van der Waals surface area contributed by atoms with Crippen LogP contribution in [0.3, 0.4) is 0 Å². The van der Waals surface area contributed by atoms with Crippen LogP contribution in [0.25, 0.3) is 0 Å². The van der Waals surface area contributed by atoms with Crippen molar-refractivity contribution in [2.75, 3.05) is 5.33 Å². The predicted molar refractivity (Wildman–Crippen MR) is 25.7 cm³/mol. The molecule has 0 aromatic rings. The van der Waals surface area contributed by atoms with Gasteiger partial charge in [0.05, 0.1) is 0 Å². The highest BCUT2D eigenvalue weighted by Gasteiger charge is 1.92. The average Bonchev–Trinajstić information content (AvgIpc) is 1.65. The van der Waals surface area contributed by atoms with Crippen molar-refractivity contribution >= 4 is 33.8 Å². The van der Waals surface area contributed by atoms with Crippen LogP contribution in [0.1, 0.15) is 0 Å². The molecule has 36 valence electrons. The Morgan fingerprint density at radius 2 is 2.50 bits per heavy atom. The minimum absolute atomic E-state index is 0.149.